The zero-order chi connectivity index (χ0) is 17.1. The number of nitrogens with one attached hydrogen (secondary N) is 1. The summed E-state index contributed by atoms with van der Waals surface area (Å²) in [5, 5.41) is 2.76. The average Bonchev–Trinajstić information content (AvgIpc) is 2.45. The molecule has 1 aliphatic rings. The number of likely N-dealkylation sites (N-methyl/N-ethyl adjacent to an activating group) is 1. The first-order valence-electron chi connectivity index (χ1n) is 7.77. The molecule has 0 unspecified atom stereocenters. The van der Waals surface area contributed by atoms with Crippen LogP contribution in [0.15, 0.2) is 18.2 Å². The monoisotopic (exact) mass is 319 g/mol. The maximum Gasteiger partial charge on any atom is 0.257 e. The van der Waals surface area contributed by atoms with E-state index in [1.54, 1.807) is 30.1 Å². The van der Waals surface area contributed by atoms with Gasteiger partial charge in [-0.1, -0.05) is 13.0 Å². The van der Waals surface area contributed by atoms with Gasteiger partial charge in [-0.3, -0.25) is 9.59 Å². The summed E-state index contributed by atoms with van der Waals surface area (Å²) in [6.45, 7) is 4.87. The maximum atomic E-state index is 12.6. The molecule has 2 amide bonds. The molecule has 0 saturated carbocycles. The number of carbonyl (C=O) groups is 2. The Morgan fingerprint density at radius 1 is 1.43 bits per heavy atom. The van der Waals surface area contributed by atoms with Crippen LogP contribution in [-0.4, -0.2) is 62.0 Å². The first-order valence-corrected chi connectivity index (χ1v) is 7.77. The van der Waals surface area contributed by atoms with E-state index in [9.17, 15) is 9.59 Å². The molecule has 1 aromatic rings. The third-order valence-electron chi connectivity index (χ3n) is 3.91. The van der Waals surface area contributed by atoms with Gasteiger partial charge in [-0.05, 0) is 26.2 Å². The van der Waals surface area contributed by atoms with E-state index in [2.05, 4.69) is 17.1 Å². The molecule has 2 rings (SSSR count). The molecule has 1 aromatic carbocycles. The molecule has 1 aliphatic heterocycles. The molecule has 6 nitrogen and oxygen atoms in total. The molecule has 0 spiro atoms. The van der Waals surface area contributed by atoms with Crippen molar-refractivity contribution in [2.75, 3.05) is 39.5 Å². The highest BCUT2D eigenvalue weighted by Gasteiger charge is 2.30. The smallest absolute Gasteiger partial charge is 0.257 e. The van der Waals surface area contributed by atoms with Crippen LogP contribution in [0.5, 0.6) is 5.75 Å². The number of rotatable bonds is 3. The standard InChI is InChI=1S/C17H25N3O3/c1-11-9-20(5)17(22)13-7-6-8-14(18-12(2)21)16(13)23-15(11)10-19(3)4/h6-8,11,15H,9-10H2,1-5H3,(H,18,21)/t11-,15-/m1/s1. The van der Waals surface area contributed by atoms with E-state index < -0.39 is 0 Å². The van der Waals surface area contributed by atoms with Gasteiger partial charge in [0.05, 0.1) is 11.3 Å². The highest BCUT2D eigenvalue weighted by Crippen LogP contribution is 2.33. The lowest BCUT2D eigenvalue weighted by Gasteiger charge is -2.34. The Labute approximate surface area is 137 Å². The number of nitrogens with zero attached hydrogens (tertiary/aromatic N) is 2. The topological polar surface area (TPSA) is 61.9 Å². The molecular formula is C17H25N3O3. The molecule has 0 bridgehead atoms. The van der Waals surface area contributed by atoms with Gasteiger partial charge in [0.15, 0.2) is 5.75 Å². The summed E-state index contributed by atoms with van der Waals surface area (Å²) in [5.74, 6) is 0.340. The van der Waals surface area contributed by atoms with Crippen molar-refractivity contribution in [2.24, 2.45) is 5.92 Å². The first-order chi connectivity index (χ1) is 10.8. The Kier molecular flexibility index (Phi) is 5.26. The fourth-order valence-electron chi connectivity index (χ4n) is 2.80. The number of ether oxygens (including phenoxy) is 1. The van der Waals surface area contributed by atoms with Crippen molar-refractivity contribution in [1.29, 1.82) is 0 Å². The van der Waals surface area contributed by atoms with Crippen molar-refractivity contribution in [3.05, 3.63) is 23.8 Å². The van der Waals surface area contributed by atoms with Gasteiger partial charge in [0.25, 0.3) is 5.91 Å². The predicted octanol–water partition coefficient (Wildman–Crippen LogP) is 1.68. The van der Waals surface area contributed by atoms with E-state index in [0.29, 0.717) is 23.5 Å². The van der Waals surface area contributed by atoms with Crippen molar-refractivity contribution in [3.63, 3.8) is 0 Å². The fraction of sp³-hybridized carbons (Fsp3) is 0.529. The van der Waals surface area contributed by atoms with E-state index in [4.69, 9.17) is 4.74 Å². The van der Waals surface area contributed by atoms with Crippen molar-refractivity contribution in [1.82, 2.24) is 9.80 Å². The minimum Gasteiger partial charge on any atom is -0.486 e. The Bertz CT molecular complexity index is 601. The molecule has 2 atom stereocenters. The Balaban J connectivity index is 2.49. The molecule has 126 valence electrons. The normalized spacial score (nSPS) is 21.3. The van der Waals surface area contributed by atoms with Crippen LogP contribution in [0.25, 0.3) is 0 Å². The number of fused-ring (bicyclic) bond motifs is 1. The average molecular weight is 319 g/mol. The summed E-state index contributed by atoms with van der Waals surface area (Å²) in [6, 6.07) is 5.25. The van der Waals surface area contributed by atoms with Crippen LogP contribution in [0.3, 0.4) is 0 Å². The third kappa shape index (κ3) is 4.01. The van der Waals surface area contributed by atoms with Gasteiger partial charge in [-0.15, -0.1) is 0 Å². The lowest BCUT2D eigenvalue weighted by Crippen LogP contribution is -2.44. The van der Waals surface area contributed by atoms with Crippen LogP contribution < -0.4 is 10.1 Å². The minimum atomic E-state index is -0.193. The van der Waals surface area contributed by atoms with E-state index >= 15 is 0 Å². The summed E-state index contributed by atoms with van der Waals surface area (Å²) >= 11 is 0. The van der Waals surface area contributed by atoms with Gasteiger partial charge in [0.1, 0.15) is 6.10 Å². The summed E-state index contributed by atoms with van der Waals surface area (Å²) < 4.78 is 6.21. The first kappa shape index (κ1) is 17.3. The Morgan fingerprint density at radius 2 is 2.13 bits per heavy atom. The fourth-order valence-corrected chi connectivity index (χ4v) is 2.80. The molecule has 0 radical (unpaired) electrons. The van der Waals surface area contributed by atoms with E-state index in [1.165, 1.54) is 6.92 Å². The van der Waals surface area contributed by atoms with Gasteiger partial charge >= 0.3 is 0 Å². The van der Waals surface area contributed by atoms with Crippen molar-refractivity contribution in [2.45, 2.75) is 20.0 Å². The quantitative estimate of drug-likeness (QED) is 0.921. The Hall–Kier alpha value is -2.08. The van der Waals surface area contributed by atoms with E-state index in [1.807, 2.05) is 14.1 Å². The minimum absolute atomic E-state index is 0.0748. The predicted molar refractivity (Wildman–Crippen MR) is 89.8 cm³/mol. The summed E-state index contributed by atoms with van der Waals surface area (Å²) in [5.41, 5.74) is 1.02. The largest absolute Gasteiger partial charge is 0.486 e. The second-order valence-electron chi connectivity index (χ2n) is 6.44. The molecule has 23 heavy (non-hydrogen) atoms. The molecule has 1 N–H and O–H groups in total. The highest BCUT2D eigenvalue weighted by molar-refractivity contribution is 6.01. The molecule has 1 heterocycles. The van der Waals surface area contributed by atoms with Crippen molar-refractivity contribution >= 4 is 17.5 Å². The molecule has 0 saturated heterocycles. The molecular weight excluding hydrogens is 294 g/mol. The van der Waals surface area contributed by atoms with Crippen LogP contribution in [0.2, 0.25) is 0 Å². The number of benzene rings is 1. The summed E-state index contributed by atoms with van der Waals surface area (Å²) in [6.07, 6.45) is -0.0748. The molecule has 6 heteroatoms. The SMILES string of the molecule is CC(=O)Nc1cccc2c1O[C@H](CN(C)C)[C@H](C)CN(C)C2=O. The van der Waals surface area contributed by atoms with Crippen molar-refractivity contribution < 1.29 is 14.3 Å². The number of para-hydroxylation sites is 1. The molecule has 0 fully saturated rings. The van der Waals surface area contributed by atoms with Gasteiger partial charge in [-0.2, -0.15) is 0 Å². The molecule has 0 aromatic heterocycles. The van der Waals surface area contributed by atoms with Gasteiger partial charge in [0, 0.05) is 33.0 Å². The molecule has 0 aliphatic carbocycles. The number of amides is 2. The lowest BCUT2D eigenvalue weighted by atomic mass is 10.0. The summed E-state index contributed by atoms with van der Waals surface area (Å²) in [7, 11) is 5.78. The second-order valence-corrected chi connectivity index (χ2v) is 6.44. The highest BCUT2D eigenvalue weighted by atomic mass is 16.5. The van der Waals surface area contributed by atoms with Crippen LogP contribution in [-0.2, 0) is 4.79 Å². The lowest BCUT2D eigenvalue weighted by molar-refractivity contribution is -0.114. The number of carbonyl (C=O) groups excluding carboxylic acids is 2. The van der Waals surface area contributed by atoms with Crippen LogP contribution in [0.1, 0.15) is 24.2 Å². The van der Waals surface area contributed by atoms with E-state index in [0.717, 1.165) is 6.54 Å². The summed E-state index contributed by atoms with van der Waals surface area (Å²) in [4.78, 5) is 27.9. The number of hydrogen-bond donors (Lipinski definition) is 1. The zero-order valence-corrected chi connectivity index (χ0v) is 14.4. The van der Waals surface area contributed by atoms with Crippen LogP contribution >= 0.6 is 0 Å². The number of hydrogen-bond acceptors (Lipinski definition) is 4. The van der Waals surface area contributed by atoms with Gasteiger partial charge in [-0.25, -0.2) is 0 Å². The van der Waals surface area contributed by atoms with Crippen LogP contribution in [0, 0.1) is 5.92 Å². The van der Waals surface area contributed by atoms with Gasteiger partial charge < -0.3 is 19.9 Å². The van der Waals surface area contributed by atoms with Crippen LogP contribution in [0.4, 0.5) is 5.69 Å². The van der Waals surface area contributed by atoms with Crippen molar-refractivity contribution in [3.8, 4) is 5.75 Å². The van der Waals surface area contributed by atoms with E-state index in [-0.39, 0.29) is 23.8 Å². The zero-order valence-electron chi connectivity index (χ0n) is 14.4. The number of anilines is 1. The third-order valence-corrected chi connectivity index (χ3v) is 3.91. The second kappa shape index (κ2) is 7.00. The van der Waals surface area contributed by atoms with Gasteiger partial charge in [0.2, 0.25) is 5.91 Å². The maximum absolute atomic E-state index is 12.6. The Morgan fingerprint density at radius 3 is 2.74 bits per heavy atom.